The molecule has 0 radical (unpaired) electrons. The Kier molecular flexibility index (Phi) is 17.3. The molecule has 1 aromatic rings. The molecule has 3 rings (SSSR count). The van der Waals surface area contributed by atoms with E-state index in [0.29, 0.717) is 24.9 Å². The van der Waals surface area contributed by atoms with Crippen molar-refractivity contribution in [2.24, 2.45) is 11.8 Å². The van der Waals surface area contributed by atoms with Crippen LogP contribution in [0, 0.1) is 30.1 Å². The van der Waals surface area contributed by atoms with E-state index in [-0.39, 0.29) is 70.8 Å². The standard InChI is InChI=1S/C37H60N5O12P/c1-23(2)42(24(3)4)55(50-16-11-13-38)51-22-37(10)21-40(19-32(54-37)41-18-25(5)35(46)39-36(41)47)14-12-15-48-31-17-30(20-49-27(7)43)34(53-29(9)45)33(26(31)6)52-28(8)44/h18,23-24,26,30-34H,11-12,14-17,19-22H2,1-10H3,(H,39,46,47)/t26-,30+,31+,32+,33+,34-,37+,55?/m0/s1/i10D. The number of rotatable bonds is 19. The van der Waals surface area contributed by atoms with E-state index < -0.39 is 73.7 Å². The molecule has 1 aliphatic carbocycles. The highest BCUT2D eigenvalue weighted by molar-refractivity contribution is 7.44. The van der Waals surface area contributed by atoms with Crippen LogP contribution in [0.5, 0.6) is 0 Å². The van der Waals surface area contributed by atoms with Crippen LogP contribution in [0.2, 0.25) is 0 Å². The minimum Gasteiger partial charge on any atom is -0.465 e. The van der Waals surface area contributed by atoms with Gasteiger partial charge in [0.2, 0.25) is 0 Å². The second-order valence-corrected chi connectivity index (χ2v) is 16.3. The van der Waals surface area contributed by atoms with Crippen LogP contribution in [0.4, 0.5) is 0 Å². The van der Waals surface area contributed by atoms with E-state index >= 15 is 0 Å². The second-order valence-electron chi connectivity index (χ2n) is 14.9. The van der Waals surface area contributed by atoms with Gasteiger partial charge < -0.3 is 32.7 Å². The number of H-pyrrole nitrogens is 1. The highest BCUT2D eigenvalue weighted by atomic mass is 31.2. The third kappa shape index (κ3) is 13.7. The zero-order chi connectivity index (χ0) is 41.7. The average molecular weight is 799 g/mol. The Bertz CT molecular complexity index is 1610. The predicted molar refractivity (Wildman–Crippen MR) is 202 cm³/mol. The van der Waals surface area contributed by atoms with Crippen molar-refractivity contribution in [3.05, 3.63) is 32.6 Å². The SMILES string of the molecule is [2H]C[C@]1(COP(OCCC#N)N(C(C)C)C(C)C)CN(CCCO[C@@H]2C[C@H](COC(C)=O)[C@H](OC(C)=O)[C@H](OC(C)=O)[C@H]2C)C[C@H](n2cc(C)c(=O)[nH]c2=O)O1. The van der Waals surface area contributed by atoms with Gasteiger partial charge in [-0.05, 0) is 54.4 Å². The molecule has 2 heterocycles. The number of nitrogens with one attached hydrogen (secondary N) is 1. The van der Waals surface area contributed by atoms with Crippen molar-refractivity contribution in [1.29, 1.82) is 5.26 Å². The first kappa shape index (κ1) is 44.5. The third-order valence-corrected chi connectivity index (χ3v) is 11.4. The first-order chi connectivity index (χ1) is 26.4. The fourth-order valence-corrected chi connectivity index (χ4v) is 8.70. The number of aryl methyl sites for hydroxylation is 1. The van der Waals surface area contributed by atoms with Gasteiger partial charge in [0.05, 0.1) is 38.4 Å². The molecule has 1 saturated heterocycles. The van der Waals surface area contributed by atoms with Gasteiger partial charge in [0.15, 0.2) is 6.23 Å². The molecule has 0 spiro atoms. The van der Waals surface area contributed by atoms with Gasteiger partial charge in [-0.1, -0.05) is 6.92 Å². The Labute approximate surface area is 326 Å². The van der Waals surface area contributed by atoms with Crippen molar-refractivity contribution in [2.45, 2.75) is 131 Å². The summed E-state index contributed by atoms with van der Waals surface area (Å²) >= 11 is 0. The summed E-state index contributed by atoms with van der Waals surface area (Å²) in [6.45, 7) is 16.5. The topological polar surface area (TPSA) is 201 Å². The average Bonchev–Trinajstić information content (AvgIpc) is 3.11. The lowest BCUT2D eigenvalue weighted by molar-refractivity contribution is -0.199. The Balaban J connectivity index is 1.84. The Hall–Kier alpha value is -3.23. The first-order valence-electron chi connectivity index (χ1n) is 19.4. The summed E-state index contributed by atoms with van der Waals surface area (Å²) in [5, 5.41) is 9.15. The number of hydrogen-bond acceptors (Lipinski definition) is 15. The summed E-state index contributed by atoms with van der Waals surface area (Å²) in [4.78, 5) is 65.6. The predicted octanol–water partition coefficient (Wildman–Crippen LogP) is 3.58. The monoisotopic (exact) mass is 798 g/mol. The van der Waals surface area contributed by atoms with Gasteiger partial charge >= 0.3 is 23.6 Å². The van der Waals surface area contributed by atoms with Crippen LogP contribution in [0.1, 0.15) is 94.7 Å². The smallest absolute Gasteiger partial charge is 0.330 e. The summed E-state index contributed by atoms with van der Waals surface area (Å²) in [6, 6.07) is 2.19. The number of aromatic amines is 1. The number of carbonyl (C=O) groups excluding carboxylic acids is 3. The van der Waals surface area contributed by atoms with Gasteiger partial charge in [-0.15, -0.1) is 0 Å². The lowest BCUT2D eigenvalue weighted by atomic mass is 9.76. The molecule has 55 heavy (non-hydrogen) atoms. The van der Waals surface area contributed by atoms with E-state index in [2.05, 4.69) is 20.6 Å². The molecule has 1 aromatic heterocycles. The molecule has 0 amide bonds. The highest BCUT2D eigenvalue weighted by Crippen LogP contribution is 2.47. The molecule has 2 fully saturated rings. The largest absolute Gasteiger partial charge is 0.465 e. The number of ether oxygens (including phenoxy) is 5. The maximum absolute atomic E-state index is 13.1. The summed E-state index contributed by atoms with van der Waals surface area (Å²) < 4.78 is 54.2. The van der Waals surface area contributed by atoms with Gasteiger partial charge in [0, 0.05) is 84.1 Å². The fourth-order valence-electron chi connectivity index (χ4n) is 7.01. The quantitative estimate of drug-likeness (QED) is 0.0921. The molecule has 1 unspecified atom stereocenters. The minimum absolute atomic E-state index is 0.0460. The first-order valence-corrected chi connectivity index (χ1v) is 19.9. The molecule has 8 atom stereocenters. The number of hydrogen-bond donors (Lipinski definition) is 1. The molecule has 1 N–H and O–H groups in total. The summed E-state index contributed by atoms with van der Waals surface area (Å²) in [6.07, 6.45) is -0.442. The van der Waals surface area contributed by atoms with E-state index in [4.69, 9.17) is 39.4 Å². The van der Waals surface area contributed by atoms with E-state index in [1.807, 2.05) is 34.6 Å². The summed E-state index contributed by atoms with van der Waals surface area (Å²) in [5.41, 5.74) is -2.04. The molecule has 0 aromatic carbocycles. The number of morpholine rings is 1. The number of carbonyl (C=O) groups is 3. The van der Waals surface area contributed by atoms with Gasteiger partial charge in [0.25, 0.3) is 14.1 Å². The molecule has 0 bridgehead atoms. The number of nitriles is 1. The lowest BCUT2D eigenvalue weighted by Crippen LogP contribution is -2.56. The van der Waals surface area contributed by atoms with Gasteiger partial charge in [-0.3, -0.25) is 33.6 Å². The lowest BCUT2D eigenvalue weighted by Gasteiger charge is -2.46. The molecule has 17 nitrogen and oxygen atoms in total. The van der Waals surface area contributed by atoms with Crippen LogP contribution < -0.4 is 11.2 Å². The van der Waals surface area contributed by atoms with Crippen LogP contribution in [0.15, 0.2) is 15.8 Å². The van der Waals surface area contributed by atoms with Crippen molar-refractivity contribution < 1.29 is 48.5 Å². The molecule has 1 saturated carbocycles. The minimum atomic E-state index is -1.65. The molecular weight excluding hydrogens is 737 g/mol. The zero-order valence-electron chi connectivity index (χ0n) is 34.6. The van der Waals surface area contributed by atoms with Crippen LogP contribution in [0.3, 0.4) is 0 Å². The maximum atomic E-state index is 13.1. The normalized spacial score (nSPS) is 26.7. The second kappa shape index (κ2) is 21.3. The maximum Gasteiger partial charge on any atom is 0.330 e. The van der Waals surface area contributed by atoms with Crippen molar-refractivity contribution in [1.82, 2.24) is 19.1 Å². The van der Waals surface area contributed by atoms with Gasteiger partial charge in [0.1, 0.15) is 17.8 Å². The van der Waals surface area contributed by atoms with Crippen LogP contribution in [0.25, 0.3) is 0 Å². The number of aromatic nitrogens is 2. The van der Waals surface area contributed by atoms with E-state index in [9.17, 15) is 24.0 Å². The van der Waals surface area contributed by atoms with Crippen molar-refractivity contribution in [3.8, 4) is 6.07 Å². The molecule has 1 aliphatic heterocycles. The van der Waals surface area contributed by atoms with Crippen molar-refractivity contribution in [2.75, 3.05) is 46.1 Å². The molecular formula is C37H60N5O12P. The fraction of sp³-hybridized carbons (Fsp3) is 0.784. The Morgan fingerprint density at radius 3 is 2.36 bits per heavy atom. The Morgan fingerprint density at radius 2 is 1.76 bits per heavy atom. The van der Waals surface area contributed by atoms with E-state index in [0.717, 1.165) is 0 Å². The number of esters is 3. The molecule has 2 aliphatic rings. The number of nitrogens with zero attached hydrogens (tertiary/aromatic N) is 4. The van der Waals surface area contributed by atoms with Crippen molar-refractivity contribution >= 4 is 26.4 Å². The molecule has 310 valence electrons. The van der Waals surface area contributed by atoms with E-state index in [1.54, 1.807) is 6.92 Å². The molecule has 18 heteroatoms. The Morgan fingerprint density at radius 1 is 1.09 bits per heavy atom. The van der Waals surface area contributed by atoms with Crippen molar-refractivity contribution in [3.63, 3.8) is 0 Å². The van der Waals surface area contributed by atoms with Crippen LogP contribution >= 0.6 is 8.53 Å². The zero-order valence-corrected chi connectivity index (χ0v) is 34.5. The third-order valence-electron chi connectivity index (χ3n) is 9.35. The van der Waals surface area contributed by atoms with Gasteiger partial charge in [-0.25, -0.2) is 9.46 Å². The summed E-state index contributed by atoms with van der Waals surface area (Å²) in [5.74, 6) is -2.45. The van der Waals surface area contributed by atoms with E-state index in [1.165, 1.54) is 31.5 Å². The highest BCUT2D eigenvalue weighted by Gasteiger charge is 2.48. The van der Waals surface area contributed by atoms with Gasteiger partial charge in [-0.2, -0.15) is 5.26 Å². The van der Waals surface area contributed by atoms with Crippen LogP contribution in [-0.2, 0) is 47.1 Å². The summed E-state index contributed by atoms with van der Waals surface area (Å²) in [7, 11) is -1.65. The van der Waals surface area contributed by atoms with Crippen LogP contribution in [-0.4, -0.2) is 119 Å².